The van der Waals surface area contributed by atoms with Crippen LogP contribution in [0.15, 0.2) is 18.2 Å². The molecule has 0 atom stereocenters. The average molecular weight is 300 g/mol. The maximum absolute atomic E-state index is 11.9. The number of amides is 1. The van der Waals surface area contributed by atoms with Gasteiger partial charge in [-0.1, -0.05) is 24.9 Å². The zero-order valence-electron chi connectivity index (χ0n) is 11.7. The van der Waals surface area contributed by atoms with Crippen molar-refractivity contribution in [2.24, 2.45) is 0 Å². The molecule has 0 radical (unpaired) electrons. The second-order valence-electron chi connectivity index (χ2n) is 4.64. The second-order valence-corrected chi connectivity index (χ2v) is 5.04. The van der Waals surface area contributed by atoms with Crippen molar-refractivity contribution in [1.82, 2.24) is 4.90 Å². The molecule has 1 aromatic carbocycles. The van der Waals surface area contributed by atoms with E-state index in [0.717, 1.165) is 19.4 Å². The molecular weight excluding hydrogens is 278 g/mol. The lowest BCUT2D eigenvalue weighted by atomic mass is 10.2. The number of nitrogens with one attached hydrogen (secondary N) is 1. The van der Waals surface area contributed by atoms with Crippen LogP contribution in [0, 0.1) is 0 Å². The standard InChI is InChI=1S/C14H22ClN3O2/c1-2-3-6-18(7-8-19)10-14(20)17-11-4-5-12(15)13(16)9-11/h4-5,9,19H,2-3,6-8,10,16H2,1H3,(H,17,20). The van der Waals surface area contributed by atoms with Crippen LogP contribution < -0.4 is 11.1 Å². The Balaban J connectivity index is 2.53. The number of aliphatic hydroxyl groups excluding tert-OH is 1. The van der Waals surface area contributed by atoms with Crippen molar-refractivity contribution in [2.75, 3.05) is 37.3 Å². The maximum atomic E-state index is 11.9. The molecular formula is C14H22ClN3O2. The van der Waals surface area contributed by atoms with Crippen molar-refractivity contribution in [3.05, 3.63) is 23.2 Å². The van der Waals surface area contributed by atoms with Crippen molar-refractivity contribution in [2.45, 2.75) is 19.8 Å². The summed E-state index contributed by atoms with van der Waals surface area (Å²) in [6, 6.07) is 4.98. The molecule has 1 aromatic rings. The molecule has 20 heavy (non-hydrogen) atoms. The SMILES string of the molecule is CCCCN(CCO)CC(=O)Nc1ccc(Cl)c(N)c1. The van der Waals surface area contributed by atoms with Crippen LogP contribution in [0.4, 0.5) is 11.4 Å². The first-order chi connectivity index (χ1) is 9.56. The lowest BCUT2D eigenvalue weighted by Gasteiger charge is -2.20. The van der Waals surface area contributed by atoms with E-state index in [1.54, 1.807) is 18.2 Å². The van der Waals surface area contributed by atoms with E-state index in [1.807, 2.05) is 4.90 Å². The van der Waals surface area contributed by atoms with E-state index in [1.165, 1.54) is 0 Å². The summed E-state index contributed by atoms with van der Waals surface area (Å²) in [6.07, 6.45) is 2.05. The van der Waals surface area contributed by atoms with Gasteiger partial charge in [0.25, 0.3) is 0 Å². The summed E-state index contributed by atoms with van der Waals surface area (Å²) in [5, 5.41) is 12.2. The Morgan fingerprint density at radius 1 is 1.45 bits per heavy atom. The normalized spacial score (nSPS) is 10.8. The van der Waals surface area contributed by atoms with Crippen LogP contribution in [0.1, 0.15) is 19.8 Å². The fourth-order valence-electron chi connectivity index (χ4n) is 1.82. The van der Waals surface area contributed by atoms with Crippen molar-refractivity contribution >= 4 is 28.9 Å². The molecule has 0 bridgehead atoms. The van der Waals surface area contributed by atoms with Crippen LogP contribution in [0.5, 0.6) is 0 Å². The highest BCUT2D eigenvalue weighted by Gasteiger charge is 2.10. The van der Waals surface area contributed by atoms with Gasteiger partial charge >= 0.3 is 0 Å². The Morgan fingerprint density at radius 3 is 2.80 bits per heavy atom. The summed E-state index contributed by atoms with van der Waals surface area (Å²) in [7, 11) is 0. The van der Waals surface area contributed by atoms with Gasteiger partial charge in [0.1, 0.15) is 0 Å². The van der Waals surface area contributed by atoms with Gasteiger partial charge in [0, 0.05) is 12.2 Å². The fraction of sp³-hybridized carbons (Fsp3) is 0.500. The highest BCUT2D eigenvalue weighted by Crippen LogP contribution is 2.22. The number of halogens is 1. The molecule has 5 nitrogen and oxygen atoms in total. The highest BCUT2D eigenvalue weighted by atomic mass is 35.5. The molecule has 1 rings (SSSR count). The van der Waals surface area contributed by atoms with Crippen LogP contribution in [-0.2, 0) is 4.79 Å². The number of aliphatic hydroxyl groups is 1. The minimum atomic E-state index is -0.128. The fourth-order valence-corrected chi connectivity index (χ4v) is 1.94. The molecule has 0 saturated heterocycles. The third kappa shape index (κ3) is 5.77. The van der Waals surface area contributed by atoms with Gasteiger partial charge in [-0.2, -0.15) is 0 Å². The Labute approximate surface area is 124 Å². The van der Waals surface area contributed by atoms with Gasteiger partial charge in [-0.25, -0.2) is 0 Å². The Hall–Kier alpha value is -1.30. The van der Waals surface area contributed by atoms with Crippen LogP contribution in [0.2, 0.25) is 5.02 Å². The first-order valence-corrected chi connectivity index (χ1v) is 7.12. The van der Waals surface area contributed by atoms with Crippen LogP contribution in [0.3, 0.4) is 0 Å². The molecule has 0 fully saturated rings. The Kier molecular flexibility index (Phi) is 7.36. The van der Waals surface area contributed by atoms with E-state index in [0.29, 0.717) is 22.9 Å². The summed E-state index contributed by atoms with van der Waals surface area (Å²) in [5.41, 5.74) is 6.74. The number of carbonyl (C=O) groups is 1. The monoisotopic (exact) mass is 299 g/mol. The molecule has 0 aliphatic rings. The first-order valence-electron chi connectivity index (χ1n) is 6.75. The number of carbonyl (C=O) groups excluding carboxylic acids is 1. The van der Waals surface area contributed by atoms with Gasteiger partial charge in [-0.05, 0) is 31.2 Å². The molecule has 0 saturated carbocycles. The topological polar surface area (TPSA) is 78.6 Å². The summed E-state index contributed by atoms with van der Waals surface area (Å²) in [5.74, 6) is -0.128. The quantitative estimate of drug-likeness (QED) is 0.641. The van der Waals surface area contributed by atoms with Gasteiger partial charge in [-0.15, -0.1) is 0 Å². The molecule has 0 spiro atoms. The largest absolute Gasteiger partial charge is 0.397 e. The Bertz CT molecular complexity index is 440. The average Bonchev–Trinajstić information content (AvgIpc) is 2.40. The van der Waals surface area contributed by atoms with Crippen molar-refractivity contribution in [1.29, 1.82) is 0 Å². The van der Waals surface area contributed by atoms with E-state index < -0.39 is 0 Å². The maximum Gasteiger partial charge on any atom is 0.238 e. The number of nitrogens with zero attached hydrogens (tertiary/aromatic N) is 1. The number of rotatable bonds is 8. The van der Waals surface area contributed by atoms with E-state index >= 15 is 0 Å². The van der Waals surface area contributed by atoms with Gasteiger partial charge in [-0.3, -0.25) is 9.69 Å². The molecule has 0 heterocycles. The molecule has 0 unspecified atom stereocenters. The van der Waals surface area contributed by atoms with Crippen molar-refractivity contribution in [3.63, 3.8) is 0 Å². The van der Waals surface area contributed by atoms with E-state index in [4.69, 9.17) is 22.4 Å². The van der Waals surface area contributed by atoms with Gasteiger partial charge < -0.3 is 16.2 Å². The number of anilines is 2. The predicted molar refractivity (Wildman–Crippen MR) is 82.9 cm³/mol. The summed E-state index contributed by atoms with van der Waals surface area (Å²) >= 11 is 5.83. The number of benzene rings is 1. The summed E-state index contributed by atoms with van der Waals surface area (Å²) in [6.45, 7) is 3.69. The van der Waals surface area contributed by atoms with E-state index in [9.17, 15) is 4.79 Å². The lowest BCUT2D eigenvalue weighted by Crippen LogP contribution is -2.35. The lowest BCUT2D eigenvalue weighted by molar-refractivity contribution is -0.117. The van der Waals surface area contributed by atoms with E-state index in [-0.39, 0.29) is 19.1 Å². The number of hydrogen-bond acceptors (Lipinski definition) is 4. The summed E-state index contributed by atoms with van der Waals surface area (Å²) in [4.78, 5) is 13.9. The molecule has 0 aliphatic carbocycles. The molecule has 1 amide bonds. The molecule has 0 aromatic heterocycles. The molecule has 6 heteroatoms. The second kappa shape index (κ2) is 8.79. The molecule has 0 aliphatic heterocycles. The zero-order chi connectivity index (χ0) is 15.0. The summed E-state index contributed by atoms with van der Waals surface area (Å²) < 4.78 is 0. The van der Waals surface area contributed by atoms with Crippen LogP contribution >= 0.6 is 11.6 Å². The number of nitrogen functional groups attached to an aromatic ring is 1. The number of nitrogens with two attached hydrogens (primary N) is 1. The number of hydrogen-bond donors (Lipinski definition) is 3. The molecule has 4 N–H and O–H groups in total. The minimum absolute atomic E-state index is 0.0465. The number of unbranched alkanes of at least 4 members (excludes halogenated alkanes) is 1. The van der Waals surface area contributed by atoms with Gasteiger partial charge in [0.15, 0.2) is 0 Å². The third-order valence-corrected chi connectivity index (χ3v) is 3.24. The Morgan fingerprint density at radius 2 is 2.20 bits per heavy atom. The van der Waals surface area contributed by atoms with Gasteiger partial charge in [0.2, 0.25) is 5.91 Å². The van der Waals surface area contributed by atoms with Crippen LogP contribution in [-0.4, -0.2) is 42.2 Å². The third-order valence-electron chi connectivity index (χ3n) is 2.89. The first kappa shape index (κ1) is 16.8. The van der Waals surface area contributed by atoms with Crippen molar-refractivity contribution < 1.29 is 9.90 Å². The zero-order valence-corrected chi connectivity index (χ0v) is 12.5. The predicted octanol–water partition coefficient (Wildman–Crippen LogP) is 1.96. The minimum Gasteiger partial charge on any atom is -0.397 e. The highest BCUT2D eigenvalue weighted by molar-refractivity contribution is 6.33. The van der Waals surface area contributed by atoms with E-state index in [2.05, 4.69) is 12.2 Å². The van der Waals surface area contributed by atoms with Crippen LogP contribution in [0.25, 0.3) is 0 Å². The van der Waals surface area contributed by atoms with Gasteiger partial charge in [0.05, 0.1) is 23.9 Å². The van der Waals surface area contributed by atoms with Crippen molar-refractivity contribution in [3.8, 4) is 0 Å². The smallest absolute Gasteiger partial charge is 0.238 e. The molecule has 112 valence electrons.